The lowest BCUT2D eigenvalue weighted by atomic mass is 10.1. The third-order valence-electron chi connectivity index (χ3n) is 3.25. The number of oxime groups is 1. The van der Waals surface area contributed by atoms with Crippen LogP contribution in [0, 0.1) is 0 Å². The zero-order chi connectivity index (χ0) is 20.6. The number of esters is 1. The summed E-state index contributed by atoms with van der Waals surface area (Å²) >= 11 is 5.89. The predicted octanol–water partition coefficient (Wildman–Crippen LogP) is 2.63. The van der Waals surface area contributed by atoms with Crippen LogP contribution in [0.4, 0.5) is 4.79 Å². The Morgan fingerprint density at radius 1 is 1.26 bits per heavy atom. The van der Waals surface area contributed by atoms with Gasteiger partial charge in [-0.05, 0) is 45.4 Å². The number of benzene rings is 1. The highest BCUT2D eigenvalue weighted by atomic mass is 35.5. The fourth-order valence-corrected chi connectivity index (χ4v) is 2.07. The summed E-state index contributed by atoms with van der Waals surface area (Å²) in [6, 6.07) is 6.34. The Labute approximate surface area is 164 Å². The van der Waals surface area contributed by atoms with Gasteiger partial charge in [0.1, 0.15) is 5.60 Å². The van der Waals surface area contributed by atoms with Crippen molar-refractivity contribution in [2.45, 2.75) is 51.9 Å². The van der Waals surface area contributed by atoms with Crippen LogP contribution >= 0.6 is 11.6 Å². The molecule has 0 aliphatic rings. The molecule has 0 bridgehead atoms. The lowest BCUT2D eigenvalue weighted by molar-refractivity contribution is -0.152. The van der Waals surface area contributed by atoms with Gasteiger partial charge in [-0.1, -0.05) is 28.9 Å². The summed E-state index contributed by atoms with van der Waals surface area (Å²) in [6.07, 6.45) is -1.27. The van der Waals surface area contributed by atoms with Gasteiger partial charge in [0.15, 0.2) is 5.84 Å². The molecule has 0 aliphatic heterocycles. The third kappa shape index (κ3) is 8.63. The van der Waals surface area contributed by atoms with Gasteiger partial charge in [-0.25, -0.2) is 9.59 Å². The first kappa shape index (κ1) is 22.6. The van der Waals surface area contributed by atoms with Crippen LogP contribution in [0.5, 0.6) is 0 Å². The van der Waals surface area contributed by atoms with Crippen molar-refractivity contribution < 1.29 is 23.9 Å². The molecule has 8 nitrogen and oxygen atoms in total. The molecule has 0 aromatic heterocycles. The van der Waals surface area contributed by atoms with Crippen LogP contribution in [0.15, 0.2) is 29.4 Å². The number of amides is 1. The molecule has 0 saturated carbocycles. The number of hydrogen-bond acceptors (Lipinski definition) is 6. The van der Waals surface area contributed by atoms with E-state index in [1.165, 1.54) is 14.0 Å². The maximum Gasteiger partial charge on any atom is 0.408 e. The monoisotopic (exact) mass is 399 g/mol. The normalized spacial score (nSPS) is 14.1. The first-order chi connectivity index (χ1) is 12.5. The Bertz CT molecular complexity index is 671. The molecule has 1 aromatic rings. The van der Waals surface area contributed by atoms with Crippen LogP contribution in [0.1, 0.15) is 33.3 Å². The largest absolute Gasteiger partial charge is 0.466 e. The van der Waals surface area contributed by atoms with E-state index in [0.29, 0.717) is 11.4 Å². The van der Waals surface area contributed by atoms with Gasteiger partial charge >= 0.3 is 12.1 Å². The molecule has 0 radical (unpaired) electrons. The van der Waals surface area contributed by atoms with Crippen LogP contribution in [-0.4, -0.2) is 42.8 Å². The number of hydrogen-bond donors (Lipinski definition) is 2. The molecule has 1 rings (SSSR count). The summed E-state index contributed by atoms with van der Waals surface area (Å²) in [5.41, 5.74) is 6.17. The number of carbonyl (C=O) groups is 2. The quantitative estimate of drug-likeness (QED) is 0.315. The van der Waals surface area contributed by atoms with Crippen molar-refractivity contribution in [3.63, 3.8) is 0 Å². The SMILES string of the molecule is COC(=O)C(C)O/N=C(\N)C(Cc1ccc(Cl)cc1)NC(=O)OC(C)(C)C. The summed E-state index contributed by atoms with van der Waals surface area (Å²) in [6.45, 7) is 6.72. The Kier molecular flexibility index (Phi) is 8.36. The molecule has 9 heteroatoms. The summed E-state index contributed by atoms with van der Waals surface area (Å²) in [5, 5.41) is 7.00. The highest BCUT2D eigenvalue weighted by molar-refractivity contribution is 6.30. The van der Waals surface area contributed by atoms with Crippen LogP contribution in [-0.2, 0) is 25.5 Å². The number of alkyl carbamates (subject to hydrolysis) is 1. The van der Waals surface area contributed by atoms with Crippen molar-refractivity contribution in [2.75, 3.05) is 7.11 Å². The number of nitrogens with zero attached hydrogens (tertiary/aromatic N) is 1. The Balaban J connectivity index is 2.92. The van der Waals surface area contributed by atoms with Gasteiger partial charge in [-0.3, -0.25) is 0 Å². The maximum atomic E-state index is 12.1. The first-order valence-corrected chi connectivity index (χ1v) is 8.70. The molecule has 2 unspecified atom stereocenters. The van der Waals surface area contributed by atoms with Gasteiger partial charge in [0, 0.05) is 11.4 Å². The van der Waals surface area contributed by atoms with Crippen molar-refractivity contribution in [1.82, 2.24) is 5.32 Å². The Morgan fingerprint density at radius 3 is 2.37 bits per heavy atom. The van der Waals surface area contributed by atoms with Crippen LogP contribution < -0.4 is 11.1 Å². The van der Waals surface area contributed by atoms with E-state index in [4.69, 9.17) is 26.9 Å². The van der Waals surface area contributed by atoms with Gasteiger partial charge in [-0.2, -0.15) is 0 Å². The average Bonchev–Trinajstić information content (AvgIpc) is 2.58. The molecule has 0 spiro atoms. The standard InChI is InChI=1S/C18H26ClN3O5/c1-11(16(23)25-5)27-22-15(20)14(21-17(24)26-18(2,3)4)10-12-6-8-13(19)9-7-12/h6-9,11,14H,10H2,1-5H3,(H2,20,22)(H,21,24). The Morgan fingerprint density at radius 2 is 1.85 bits per heavy atom. The summed E-state index contributed by atoms with van der Waals surface area (Å²) in [7, 11) is 1.24. The molecule has 2 atom stereocenters. The van der Waals surface area contributed by atoms with E-state index < -0.39 is 29.8 Å². The lowest BCUT2D eigenvalue weighted by Crippen LogP contribution is -2.48. The smallest absolute Gasteiger partial charge is 0.408 e. The number of ether oxygens (including phenoxy) is 2. The minimum atomic E-state index is -0.939. The second kappa shape index (κ2) is 10.0. The summed E-state index contributed by atoms with van der Waals surface area (Å²) in [5.74, 6) is -0.618. The molecule has 1 amide bonds. The molecule has 0 aliphatic carbocycles. The van der Waals surface area contributed by atoms with Crippen molar-refractivity contribution >= 4 is 29.5 Å². The number of carbonyl (C=O) groups excluding carboxylic acids is 2. The minimum absolute atomic E-state index is 0.0217. The molecule has 0 heterocycles. The van der Waals surface area contributed by atoms with E-state index in [-0.39, 0.29) is 5.84 Å². The van der Waals surface area contributed by atoms with E-state index in [9.17, 15) is 9.59 Å². The maximum absolute atomic E-state index is 12.1. The molecular weight excluding hydrogens is 374 g/mol. The second-order valence-electron chi connectivity index (χ2n) is 6.82. The van der Waals surface area contributed by atoms with Crippen molar-refractivity contribution in [3.05, 3.63) is 34.9 Å². The molecule has 3 N–H and O–H groups in total. The average molecular weight is 400 g/mol. The number of nitrogens with one attached hydrogen (secondary N) is 1. The topological polar surface area (TPSA) is 112 Å². The number of nitrogens with two attached hydrogens (primary N) is 1. The number of amidine groups is 1. The molecule has 0 fully saturated rings. The van der Waals surface area contributed by atoms with Gasteiger partial charge in [0.2, 0.25) is 6.10 Å². The fourth-order valence-electron chi connectivity index (χ4n) is 1.95. The first-order valence-electron chi connectivity index (χ1n) is 8.32. The van der Waals surface area contributed by atoms with Crippen LogP contribution in [0.25, 0.3) is 0 Å². The van der Waals surface area contributed by atoms with Gasteiger partial charge in [0.25, 0.3) is 0 Å². The van der Waals surface area contributed by atoms with E-state index in [1.807, 2.05) is 0 Å². The van der Waals surface area contributed by atoms with Crippen LogP contribution in [0.3, 0.4) is 0 Å². The number of halogens is 1. The van der Waals surface area contributed by atoms with E-state index >= 15 is 0 Å². The van der Waals surface area contributed by atoms with Gasteiger partial charge in [-0.15, -0.1) is 0 Å². The molecule has 27 heavy (non-hydrogen) atoms. The van der Waals surface area contributed by atoms with Gasteiger partial charge in [0.05, 0.1) is 13.2 Å². The Hall–Kier alpha value is -2.48. The summed E-state index contributed by atoms with van der Waals surface area (Å²) < 4.78 is 9.81. The zero-order valence-electron chi connectivity index (χ0n) is 16.1. The van der Waals surface area contributed by atoms with Crippen molar-refractivity contribution in [1.29, 1.82) is 0 Å². The van der Waals surface area contributed by atoms with Crippen molar-refractivity contribution in [2.24, 2.45) is 10.9 Å². The van der Waals surface area contributed by atoms with E-state index in [0.717, 1.165) is 5.56 Å². The number of methoxy groups -OCH3 is 1. The second-order valence-corrected chi connectivity index (χ2v) is 7.25. The highest BCUT2D eigenvalue weighted by Crippen LogP contribution is 2.12. The zero-order valence-corrected chi connectivity index (χ0v) is 16.9. The third-order valence-corrected chi connectivity index (χ3v) is 3.50. The highest BCUT2D eigenvalue weighted by Gasteiger charge is 2.23. The van der Waals surface area contributed by atoms with Gasteiger partial charge < -0.3 is 25.4 Å². The minimum Gasteiger partial charge on any atom is -0.466 e. The molecular formula is C18H26ClN3O5. The number of rotatable bonds is 7. The van der Waals surface area contributed by atoms with E-state index in [2.05, 4.69) is 15.2 Å². The summed E-state index contributed by atoms with van der Waals surface area (Å²) in [4.78, 5) is 28.6. The van der Waals surface area contributed by atoms with Crippen LogP contribution in [0.2, 0.25) is 5.02 Å². The lowest BCUT2D eigenvalue weighted by Gasteiger charge is -2.23. The molecule has 0 saturated heterocycles. The fraction of sp³-hybridized carbons (Fsp3) is 0.500. The molecule has 150 valence electrons. The van der Waals surface area contributed by atoms with Crippen molar-refractivity contribution in [3.8, 4) is 0 Å². The molecule has 1 aromatic carbocycles. The van der Waals surface area contributed by atoms with E-state index in [1.54, 1.807) is 45.0 Å². The predicted molar refractivity (Wildman–Crippen MR) is 102 cm³/mol.